The lowest BCUT2D eigenvalue weighted by molar-refractivity contribution is 0.122. The second-order valence-electron chi connectivity index (χ2n) is 41.1. The van der Waals surface area contributed by atoms with Crippen molar-refractivity contribution in [2.24, 2.45) is 57.3 Å². The first-order chi connectivity index (χ1) is 69.7. The zero-order chi connectivity index (χ0) is 99.6. The number of imidazole rings is 1. The number of morpholine rings is 1. The highest BCUT2D eigenvalue weighted by Gasteiger charge is 2.41. The van der Waals surface area contributed by atoms with Crippen molar-refractivity contribution in [3.8, 4) is 17.2 Å². The van der Waals surface area contributed by atoms with Crippen molar-refractivity contribution in [2.75, 3.05) is 74.5 Å². The number of thioether (sulfide) groups is 1. The van der Waals surface area contributed by atoms with Gasteiger partial charge in [-0.1, -0.05) is 171 Å². The number of hydrogen-bond donors (Lipinski definition) is 11. The van der Waals surface area contributed by atoms with Crippen LogP contribution in [0.1, 0.15) is 231 Å². The summed E-state index contributed by atoms with van der Waals surface area (Å²) in [5.74, 6) is 8.55. The van der Waals surface area contributed by atoms with Gasteiger partial charge in [0.15, 0.2) is 5.69 Å². The number of nitrogens with zero attached hydrogens (tertiary/aromatic N) is 6. The van der Waals surface area contributed by atoms with Gasteiger partial charge in [0, 0.05) is 226 Å². The third-order valence-electron chi connectivity index (χ3n) is 30.0. The monoisotopic (exact) mass is 1960 g/mol. The van der Waals surface area contributed by atoms with E-state index >= 15 is 0 Å². The van der Waals surface area contributed by atoms with Crippen molar-refractivity contribution >= 4 is 73.1 Å². The van der Waals surface area contributed by atoms with E-state index in [-0.39, 0.29) is 0 Å². The standard InChI is InChI=1S/C17H18N2.C13H18N2O.C13H18N2.C13H19NO.C12H16ClNO.C12H13N3.C11H12N2.C10H10N2.C10H13NS.C10H13N/c1-2-19-16-6-4-3-5-12(16)14-9-11(7-8-17(14)19)13-10-15(13)18;14-13-9-12(13)10-1-3-11(4-2-10)15-5-7-16-8-6-15;14-13-9-12(13)10-3-5-11(6-4-10)15-7-1-2-8-15;1-2-3-8-15-11-6-4-10(5-7-11)12-9-13(12)14;13-6-1-7-15-10-4-2-9(3-5-10)11-8-12(11)14;13-12-7-11(12)9-1-3-10(4-2-9)15-6-5-14-8-15;12-10-6-9(10)7-1-2-11-8(5-7)3-4-13-11;2*1-12-8-4-2-7(3-5-8)9-6-10(9)11;1-7-2-4-8(5-3-7)9-6-10(9)11/h3-9,13,15H,2,10,18H2,1H3;1-4,12-13H,5-9,14H2;3-6,12-13H,1-2,7-9,14H2;4-7,12-13H,2-3,8-9,14H2,1H3;2-5,11-12H,1,6-8,14H2;1-6,8,11-12H,7,13H2;1-5,9-10,13H,6,12H2;2-5,9-10H,6,11H2;2-5,9-10H,6,11H2,1H3;2-5,9-10H,6,11H2,1H3. The van der Waals surface area contributed by atoms with E-state index in [2.05, 4.69) is 281 Å². The number of benzene rings is 11. The summed E-state index contributed by atoms with van der Waals surface area (Å²) in [7, 11) is 0. The Balaban J connectivity index is 0.000000109. The Hall–Kier alpha value is -11.1. The van der Waals surface area contributed by atoms with Gasteiger partial charge in [0.25, 0.3) is 0 Å². The summed E-state index contributed by atoms with van der Waals surface area (Å²) in [6, 6.07) is 96.3. The van der Waals surface area contributed by atoms with Crippen molar-refractivity contribution < 1.29 is 14.2 Å². The number of rotatable bonds is 23. The number of H-pyrrole nitrogens is 1. The number of halogens is 1. The first-order valence-electron chi connectivity index (χ1n) is 52.4. The molecule has 22 heteroatoms. The zero-order valence-corrected chi connectivity index (χ0v) is 85.4. The van der Waals surface area contributed by atoms with Crippen LogP contribution in [0.4, 0.5) is 17.1 Å². The van der Waals surface area contributed by atoms with Gasteiger partial charge in [-0.2, -0.15) is 0 Å². The maximum atomic E-state index is 6.78. The van der Waals surface area contributed by atoms with Gasteiger partial charge in [-0.15, -0.1) is 23.4 Å². The number of aromatic nitrogens is 4. The van der Waals surface area contributed by atoms with Crippen LogP contribution in [0.3, 0.4) is 0 Å². The fourth-order valence-electron chi connectivity index (χ4n) is 19.6. The fraction of sp³-hybridized carbons (Fsp3) is 0.405. The molecule has 12 aliphatic rings. The van der Waals surface area contributed by atoms with Gasteiger partial charge in [-0.3, -0.25) is 0 Å². The van der Waals surface area contributed by atoms with Gasteiger partial charge < -0.3 is 95.5 Å². The molecule has 10 aliphatic carbocycles. The predicted molar refractivity (Wildman–Crippen MR) is 594 cm³/mol. The van der Waals surface area contributed by atoms with Crippen LogP contribution < -0.4 is 76.6 Å². The molecule has 20 atom stereocenters. The van der Waals surface area contributed by atoms with Crippen LogP contribution in [0, 0.1) is 13.5 Å². The summed E-state index contributed by atoms with van der Waals surface area (Å²) in [6.45, 7) is 21.9. The molecule has 5 heterocycles. The lowest BCUT2D eigenvalue weighted by atomic mass is 10.1. The Bertz CT molecular complexity index is 6280. The Morgan fingerprint density at radius 3 is 1.17 bits per heavy atom. The van der Waals surface area contributed by atoms with E-state index in [9.17, 15) is 0 Å². The van der Waals surface area contributed by atoms with Gasteiger partial charge in [-0.05, 0) is 280 Å². The Labute approximate surface area is 856 Å². The number of aromatic amines is 1. The van der Waals surface area contributed by atoms with Gasteiger partial charge in [0.2, 0.25) is 0 Å². The maximum absolute atomic E-state index is 6.78. The summed E-state index contributed by atoms with van der Waals surface area (Å²) >= 11 is 7.34. The van der Waals surface area contributed by atoms with Gasteiger partial charge in [-0.25, -0.2) is 9.83 Å². The largest absolute Gasteiger partial charge is 0.494 e. The van der Waals surface area contributed by atoms with Crippen molar-refractivity contribution in [1.82, 2.24) is 19.1 Å². The number of nitrogens with two attached hydrogens (primary N) is 10. The van der Waals surface area contributed by atoms with Crippen LogP contribution in [-0.4, -0.2) is 144 Å². The minimum Gasteiger partial charge on any atom is -0.494 e. The predicted octanol–water partition coefficient (Wildman–Crippen LogP) is 22.0. The Morgan fingerprint density at radius 1 is 0.413 bits per heavy atom. The number of nitrogens with one attached hydrogen (secondary N) is 1. The molecule has 2 aliphatic heterocycles. The molecule has 2 saturated heterocycles. The number of ether oxygens (including phenoxy) is 3. The minimum atomic E-state index is 0.351. The molecule has 11 aromatic carbocycles. The number of hydrogen-bond acceptors (Lipinski definition) is 17. The highest BCUT2D eigenvalue weighted by molar-refractivity contribution is 7.98. The molecule has 20 unspecified atom stereocenters. The number of anilines is 2. The van der Waals surface area contributed by atoms with E-state index in [0.29, 0.717) is 138 Å². The molecular weight excluding hydrogens is 1810 g/mol. The van der Waals surface area contributed by atoms with Crippen LogP contribution in [-0.2, 0) is 11.3 Å². The molecule has 0 amide bonds. The number of unbranched alkanes of at least 4 members (excludes halogenated alkanes) is 1. The molecule has 10 saturated carbocycles. The Morgan fingerprint density at radius 2 is 0.776 bits per heavy atom. The molecule has 26 rings (SSSR count). The molecule has 14 aromatic rings. The second kappa shape index (κ2) is 49.2. The maximum Gasteiger partial charge on any atom is 0.187 e. The topological polar surface area (TPSA) is 337 Å². The van der Waals surface area contributed by atoms with Crippen LogP contribution in [0.15, 0.2) is 291 Å². The molecular formula is C121H150ClN17O3S. The van der Waals surface area contributed by atoms with Crippen LogP contribution in [0.25, 0.3) is 43.2 Å². The van der Waals surface area contributed by atoms with Crippen LogP contribution in [0.5, 0.6) is 11.5 Å². The lowest BCUT2D eigenvalue weighted by Gasteiger charge is -2.28. The fourth-order valence-corrected chi connectivity index (χ4v) is 20.1. The van der Waals surface area contributed by atoms with E-state index < -0.39 is 0 Å². The van der Waals surface area contributed by atoms with Crippen molar-refractivity contribution in [3.05, 3.63) is 358 Å². The third-order valence-corrected chi connectivity index (χ3v) is 31.0. The Kier molecular flexibility index (Phi) is 35.5. The van der Waals surface area contributed by atoms with E-state index in [1.165, 1.54) is 162 Å². The van der Waals surface area contributed by atoms with E-state index in [0.717, 1.165) is 114 Å². The van der Waals surface area contributed by atoms with E-state index in [1.54, 1.807) is 24.3 Å². The van der Waals surface area contributed by atoms with Crippen molar-refractivity contribution in [1.29, 1.82) is 0 Å². The summed E-state index contributed by atoms with van der Waals surface area (Å²) in [6.07, 6.45) is 26.9. The number of alkyl halides is 1. The van der Waals surface area contributed by atoms with Crippen molar-refractivity contribution in [2.45, 2.75) is 248 Å². The molecule has 21 N–H and O–H groups in total. The molecule has 0 bridgehead atoms. The average Bonchev–Trinajstić information content (AvgIpc) is 1.59. The molecule has 20 nitrogen and oxygen atoms in total. The second-order valence-corrected chi connectivity index (χ2v) is 42.3. The molecule has 0 radical (unpaired) electrons. The molecule has 143 heavy (non-hydrogen) atoms. The number of aryl methyl sites for hydroxylation is 2. The summed E-state index contributed by atoms with van der Waals surface area (Å²) in [4.78, 5) is 16.7. The SMILES string of the molecule is CCCCOc1ccc(C2CC2N)cc1.CCn1c2ccccc2c2cc(C3CC3N)ccc21.CSc1ccc(C2CC2N)cc1.Cc1ccc(C2CC2N)cc1.NC1CC1c1ccc(-n2ccnc2)cc1.NC1CC1c1ccc(N2CCCC2)cc1.NC1CC1c1ccc(N2CCOCC2)cc1.NC1CC1c1ccc(OCCCCl)cc1.NC1CC1c1ccc2[nH]ccc2c1.[C-]#[N+]c1ccc(C2CC2N)cc1. The zero-order valence-electron chi connectivity index (χ0n) is 83.8. The van der Waals surface area contributed by atoms with E-state index in [4.69, 9.17) is 89.7 Å². The summed E-state index contributed by atoms with van der Waals surface area (Å²) in [5, 5.41) is 4.01. The summed E-state index contributed by atoms with van der Waals surface area (Å²) < 4.78 is 20.8. The third kappa shape index (κ3) is 29.0. The first-order valence-corrected chi connectivity index (χ1v) is 54.1. The highest BCUT2D eigenvalue weighted by atomic mass is 35.5. The summed E-state index contributed by atoms with van der Waals surface area (Å²) in [5.41, 5.74) is 81.6. The van der Waals surface area contributed by atoms with E-state index in [1.807, 2.05) is 53.4 Å². The lowest BCUT2D eigenvalue weighted by Crippen LogP contribution is -2.36. The van der Waals surface area contributed by atoms with Crippen LogP contribution >= 0.6 is 23.4 Å². The molecule has 0 spiro atoms. The normalized spacial score (nSPS) is 25.9. The van der Waals surface area contributed by atoms with Gasteiger partial charge in [0.1, 0.15) is 11.5 Å². The quantitative estimate of drug-likeness (QED) is 0.0123. The highest BCUT2D eigenvalue weighted by Crippen LogP contribution is 2.48. The van der Waals surface area contributed by atoms with Crippen LogP contribution in [0.2, 0.25) is 0 Å². The van der Waals surface area contributed by atoms with Gasteiger partial charge >= 0.3 is 0 Å². The number of fused-ring (bicyclic) bond motifs is 4. The molecule has 12 fully saturated rings. The number of para-hydroxylation sites is 1. The first kappa shape index (κ1) is 103. The van der Waals surface area contributed by atoms with Crippen molar-refractivity contribution in [3.63, 3.8) is 0 Å². The average molecular weight is 1960 g/mol. The minimum absolute atomic E-state index is 0.351. The molecule has 750 valence electrons. The van der Waals surface area contributed by atoms with Gasteiger partial charge in [0.05, 0.1) is 39.3 Å². The molecule has 3 aromatic heterocycles. The smallest absolute Gasteiger partial charge is 0.187 e.